The van der Waals surface area contributed by atoms with Crippen molar-refractivity contribution in [1.29, 1.82) is 5.26 Å². The summed E-state index contributed by atoms with van der Waals surface area (Å²) in [6.07, 6.45) is 5.30. The van der Waals surface area contributed by atoms with Gasteiger partial charge in [0, 0.05) is 26.4 Å². The molecule has 0 aromatic heterocycles. The van der Waals surface area contributed by atoms with Crippen molar-refractivity contribution in [3.63, 3.8) is 0 Å². The van der Waals surface area contributed by atoms with Crippen LogP contribution in [0, 0.1) is 11.3 Å². The van der Waals surface area contributed by atoms with Crippen molar-refractivity contribution in [3.05, 3.63) is 70.8 Å². The largest absolute Gasteiger partial charge is 0.347 e. The van der Waals surface area contributed by atoms with Crippen LogP contribution >= 0.6 is 0 Å². The summed E-state index contributed by atoms with van der Waals surface area (Å²) in [5.41, 5.74) is 3.83. The first-order valence-electron chi connectivity index (χ1n) is 11.2. The monoisotopic (exact) mass is 415 g/mol. The summed E-state index contributed by atoms with van der Waals surface area (Å²) in [7, 11) is 0. The molecule has 0 bridgehead atoms. The summed E-state index contributed by atoms with van der Waals surface area (Å²) < 4.78 is 0. The van der Waals surface area contributed by atoms with Gasteiger partial charge in [0.15, 0.2) is 0 Å². The second kappa shape index (κ2) is 8.93. The van der Waals surface area contributed by atoms with E-state index in [1.165, 1.54) is 11.1 Å². The minimum atomic E-state index is -0.379. The molecule has 0 atom stereocenters. The summed E-state index contributed by atoms with van der Waals surface area (Å²) in [4.78, 5) is 25.9. The lowest BCUT2D eigenvalue weighted by atomic mass is 9.70. The third kappa shape index (κ3) is 4.64. The summed E-state index contributed by atoms with van der Waals surface area (Å²) >= 11 is 0. The van der Waals surface area contributed by atoms with Crippen LogP contribution in [0.2, 0.25) is 0 Å². The van der Waals surface area contributed by atoms with Gasteiger partial charge in [-0.25, -0.2) is 0 Å². The lowest BCUT2D eigenvalue weighted by Gasteiger charge is -2.41. The molecular formula is C26H29N3O2. The molecule has 2 aliphatic rings. The van der Waals surface area contributed by atoms with E-state index in [0.717, 1.165) is 44.2 Å². The van der Waals surface area contributed by atoms with E-state index < -0.39 is 0 Å². The van der Waals surface area contributed by atoms with Crippen LogP contribution in [0.4, 0.5) is 0 Å². The zero-order chi connectivity index (χ0) is 21.8. The highest BCUT2D eigenvalue weighted by Gasteiger charge is 2.38. The number of hydrogen-bond donors (Lipinski definition) is 1. The van der Waals surface area contributed by atoms with E-state index in [-0.39, 0.29) is 17.4 Å². The Kier molecular flexibility index (Phi) is 6.08. The first kappa shape index (κ1) is 21.1. The molecule has 5 nitrogen and oxygen atoms in total. The van der Waals surface area contributed by atoms with Gasteiger partial charge in [-0.2, -0.15) is 5.26 Å². The molecule has 1 aliphatic heterocycles. The minimum Gasteiger partial charge on any atom is -0.347 e. The van der Waals surface area contributed by atoms with Crippen LogP contribution in [-0.2, 0) is 21.7 Å². The molecule has 1 heterocycles. The highest BCUT2D eigenvalue weighted by molar-refractivity contribution is 5.78. The number of carbonyl (C=O) groups is 2. The Balaban J connectivity index is 1.49. The van der Waals surface area contributed by atoms with Gasteiger partial charge in [0.1, 0.15) is 0 Å². The number of hydrogen-bond acceptors (Lipinski definition) is 3. The number of carbonyl (C=O) groups excluding carboxylic acids is 2. The fourth-order valence-electron chi connectivity index (χ4n) is 5.17. The number of nitriles is 1. The standard InChI is InChI=1S/C26H29N3O2/c1-19(30)28-26(24-9-7-20(17-27)8-10-24)13-11-22(12-14-26)23-5-2-4-21(16-23)18-29-15-3-6-25(29)31/h2,4-5,7-10,16,22H,3,6,11-15,18H2,1H3,(H,28,30). The van der Waals surface area contributed by atoms with Gasteiger partial charge >= 0.3 is 0 Å². The van der Waals surface area contributed by atoms with Crippen molar-refractivity contribution in [2.75, 3.05) is 6.54 Å². The Labute approximate surface area is 184 Å². The minimum absolute atomic E-state index is 0.0277. The van der Waals surface area contributed by atoms with Crippen LogP contribution in [0.15, 0.2) is 48.5 Å². The third-order valence-electron chi connectivity index (χ3n) is 6.79. The van der Waals surface area contributed by atoms with Gasteiger partial charge in [-0.1, -0.05) is 36.4 Å². The van der Waals surface area contributed by atoms with Crippen LogP contribution in [0.25, 0.3) is 0 Å². The number of nitrogens with zero attached hydrogens (tertiary/aromatic N) is 2. The number of likely N-dealkylation sites (tertiary alicyclic amines) is 1. The van der Waals surface area contributed by atoms with Gasteiger partial charge in [0.2, 0.25) is 11.8 Å². The van der Waals surface area contributed by atoms with E-state index >= 15 is 0 Å². The van der Waals surface area contributed by atoms with Gasteiger partial charge in [0.05, 0.1) is 17.2 Å². The lowest BCUT2D eigenvalue weighted by molar-refractivity contribution is -0.128. The number of amides is 2. The lowest BCUT2D eigenvalue weighted by Crippen LogP contribution is -2.47. The molecule has 4 rings (SSSR count). The van der Waals surface area contributed by atoms with E-state index in [4.69, 9.17) is 5.26 Å². The first-order valence-corrected chi connectivity index (χ1v) is 11.2. The van der Waals surface area contributed by atoms with Crippen LogP contribution < -0.4 is 5.32 Å². The molecule has 5 heteroatoms. The van der Waals surface area contributed by atoms with Crippen molar-refractivity contribution in [3.8, 4) is 6.07 Å². The molecule has 1 aliphatic carbocycles. The number of rotatable bonds is 5. The average molecular weight is 416 g/mol. The fraction of sp³-hybridized carbons (Fsp3) is 0.423. The van der Waals surface area contributed by atoms with Crippen molar-refractivity contribution in [1.82, 2.24) is 10.2 Å². The second-order valence-electron chi connectivity index (χ2n) is 8.89. The number of nitrogens with one attached hydrogen (secondary N) is 1. The summed E-state index contributed by atoms with van der Waals surface area (Å²) in [6, 6.07) is 18.4. The van der Waals surface area contributed by atoms with Crippen LogP contribution in [-0.4, -0.2) is 23.3 Å². The van der Waals surface area contributed by atoms with E-state index in [1.807, 2.05) is 29.2 Å². The van der Waals surface area contributed by atoms with E-state index in [1.54, 1.807) is 6.92 Å². The topological polar surface area (TPSA) is 73.2 Å². The maximum absolute atomic E-state index is 12.0. The molecule has 0 radical (unpaired) electrons. The zero-order valence-corrected chi connectivity index (χ0v) is 18.1. The van der Waals surface area contributed by atoms with E-state index in [2.05, 4.69) is 35.7 Å². The van der Waals surface area contributed by atoms with Gasteiger partial charge < -0.3 is 10.2 Å². The Morgan fingerprint density at radius 1 is 1.19 bits per heavy atom. The maximum Gasteiger partial charge on any atom is 0.222 e. The SMILES string of the molecule is CC(=O)NC1(c2ccc(C#N)cc2)CCC(c2cccc(CN3CCCC3=O)c2)CC1. The molecule has 160 valence electrons. The predicted octanol–water partition coefficient (Wildman–Crippen LogP) is 4.37. The fourth-order valence-corrected chi connectivity index (χ4v) is 5.17. The molecule has 0 unspecified atom stereocenters. The smallest absolute Gasteiger partial charge is 0.222 e. The molecule has 31 heavy (non-hydrogen) atoms. The normalized spacial score (nSPS) is 23.4. The van der Waals surface area contributed by atoms with E-state index in [0.29, 0.717) is 24.4 Å². The second-order valence-corrected chi connectivity index (χ2v) is 8.89. The van der Waals surface area contributed by atoms with Crippen molar-refractivity contribution in [2.24, 2.45) is 0 Å². The Hall–Kier alpha value is -3.13. The average Bonchev–Trinajstić information content (AvgIpc) is 3.18. The molecule has 1 saturated heterocycles. The highest BCUT2D eigenvalue weighted by atomic mass is 16.2. The highest BCUT2D eigenvalue weighted by Crippen LogP contribution is 2.43. The third-order valence-corrected chi connectivity index (χ3v) is 6.79. The van der Waals surface area contributed by atoms with E-state index in [9.17, 15) is 9.59 Å². The Bertz CT molecular complexity index is 998. The Morgan fingerprint density at radius 2 is 1.94 bits per heavy atom. The van der Waals surface area contributed by atoms with Gasteiger partial charge in [-0.3, -0.25) is 9.59 Å². The molecule has 2 aromatic carbocycles. The molecule has 2 fully saturated rings. The molecule has 0 spiro atoms. The van der Waals surface area contributed by atoms with Gasteiger partial charge in [0.25, 0.3) is 0 Å². The zero-order valence-electron chi connectivity index (χ0n) is 18.1. The molecule has 1 N–H and O–H groups in total. The molecular weight excluding hydrogens is 386 g/mol. The first-order chi connectivity index (χ1) is 15.0. The van der Waals surface area contributed by atoms with Crippen molar-refractivity contribution < 1.29 is 9.59 Å². The molecule has 2 amide bonds. The van der Waals surface area contributed by atoms with Crippen molar-refractivity contribution in [2.45, 2.75) is 63.5 Å². The quantitative estimate of drug-likeness (QED) is 0.788. The van der Waals surface area contributed by atoms with Gasteiger partial charge in [-0.15, -0.1) is 0 Å². The van der Waals surface area contributed by atoms with Gasteiger partial charge in [-0.05, 0) is 66.8 Å². The summed E-state index contributed by atoms with van der Waals surface area (Å²) in [6.45, 7) is 3.12. The van der Waals surface area contributed by atoms with Crippen LogP contribution in [0.1, 0.15) is 73.6 Å². The van der Waals surface area contributed by atoms with Crippen LogP contribution in [0.5, 0.6) is 0 Å². The summed E-state index contributed by atoms with van der Waals surface area (Å²) in [5, 5.41) is 12.3. The van der Waals surface area contributed by atoms with Crippen LogP contribution in [0.3, 0.4) is 0 Å². The molecule has 2 aromatic rings. The number of benzene rings is 2. The molecule has 1 saturated carbocycles. The summed E-state index contributed by atoms with van der Waals surface area (Å²) in [5.74, 6) is 0.667. The Morgan fingerprint density at radius 3 is 2.55 bits per heavy atom. The predicted molar refractivity (Wildman–Crippen MR) is 119 cm³/mol. The maximum atomic E-state index is 12.0. The van der Waals surface area contributed by atoms with Crippen molar-refractivity contribution >= 4 is 11.8 Å².